The Hall–Kier alpha value is -1.63. The summed E-state index contributed by atoms with van der Waals surface area (Å²) >= 11 is 0. The number of amides is 1. The second-order valence-electron chi connectivity index (χ2n) is 16.5. The molecule has 0 aromatic carbocycles. The van der Waals surface area contributed by atoms with E-state index in [0.29, 0.717) is 32.2 Å². The third kappa shape index (κ3) is 38.6. The van der Waals surface area contributed by atoms with E-state index in [1.165, 1.54) is 161 Å². The number of hydrogen-bond donors (Lipinski definition) is 3. The highest BCUT2D eigenvalue weighted by Crippen LogP contribution is 2.19. The molecule has 1 amide bonds. The van der Waals surface area contributed by atoms with Crippen molar-refractivity contribution in [2.45, 2.75) is 276 Å². The smallest absolute Gasteiger partial charge is 0.326 e. The Kier molecular flexibility index (Phi) is 41.2. The molecule has 0 radical (unpaired) electrons. The van der Waals surface area contributed by atoms with Crippen LogP contribution >= 0.6 is 0 Å². The predicted octanol–water partition coefficient (Wildman–Crippen LogP) is 13.7. The number of rotatable bonds is 44. The van der Waals surface area contributed by atoms with Gasteiger partial charge in [-0.1, -0.05) is 200 Å². The number of hydrogen-bond acceptors (Lipinski definition) is 5. The van der Waals surface area contributed by atoms with E-state index in [1.54, 1.807) is 0 Å². The molecule has 0 aromatic heterocycles. The van der Waals surface area contributed by atoms with Crippen LogP contribution in [0.3, 0.4) is 0 Å². The van der Waals surface area contributed by atoms with Crippen molar-refractivity contribution in [3.05, 3.63) is 0 Å². The third-order valence-electron chi connectivity index (χ3n) is 11.2. The molecule has 54 heavy (non-hydrogen) atoms. The zero-order valence-electron chi connectivity index (χ0n) is 36.1. The van der Waals surface area contributed by atoms with Crippen LogP contribution in [-0.4, -0.2) is 41.6 Å². The minimum Gasteiger partial charge on any atom is -0.480 e. The van der Waals surface area contributed by atoms with Gasteiger partial charge in [0, 0.05) is 12.8 Å². The number of nitrogens with two attached hydrogens (primary N) is 1. The molecule has 0 saturated heterocycles. The summed E-state index contributed by atoms with van der Waals surface area (Å²) in [5.41, 5.74) is 5.49. The summed E-state index contributed by atoms with van der Waals surface area (Å²) < 4.78 is 6.06. The Bertz CT molecular complexity index is 822. The topological polar surface area (TPSA) is 119 Å². The lowest BCUT2D eigenvalue weighted by Crippen LogP contribution is -2.40. The van der Waals surface area contributed by atoms with Gasteiger partial charge in [0.05, 0.1) is 0 Å². The van der Waals surface area contributed by atoms with E-state index >= 15 is 0 Å². The molecule has 0 rings (SSSR count). The van der Waals surface area contributed by atoms with Crippen molar-refractivity contribution in [1.82, 2.24) is 5.32 Å². The maximum absolute atomic E-state index is 12.8. The van der Waals surface area contributed by atoms with Crippen LogP contribution in [0.15, 0.2) is 0 Å². The monoisotopic (exact) mass is 765 g/mol. The molecule has 0 fully saturated rings. The van der Waals surface area contributed by atoms with Crippen molar-refractivity contribution in [2.75, 3.05) is 6.54 Å². The number of carboxylic acids is 1. The van der Waals surface area contributed by atoms with E-state index in [2.05, 4.69) is 19.2 Å². The number of nitrogens with one attached hydrogen (secondary N) is 1. The molecule has 7 nitrogen and oxygen atoms in total. The fraction of sp³-hybridized carbons (Fsp3) is 0.936. The maximum atomic E-state index is 12.8. The lowest BCUT2D eigenvalue weighted by Gasteiger charge is -2.18. The van der Waals surface area contributed by atoms with Crippen molar-refractivity contribution in [3.63, 3.8) is 0 Å². The zero-order valence-corrected chi connectivity index (χ0v) is 36.1. The van der Waals surface area contributed by atoms with Gasteiger partial charge in [-0.15, -0.1) is 0 Å². The van der Waals surface area contributed by atoms with Crippen molar-refractivity contribution in [1.29, 1.82) is 0 Å². The van der Waals surface area contributed by atoms with Gasteiger partial charge in [0.15, 0.2) is 0 Å². The van der Waals surface area contributed by atoms with Gasteiger partial charge in [0.1, 0.15) is 12.1 Å². The van der Waals surface area contributed by atoms with E-state index in [0.717, 1.165) is 64.2 Å². The van der Waals surface area contributed by atoms with Crippen LogP contribution in [0.25, 0.3) is 0 Å². The standard InChI is InChI=1S/C47H92N2O5/c1-3-5-7-9-11-13-15-16-17-18-19-20-21-22-24-26-31-35-41-46(51)54-43(37-32-28-25-23-14-12-10-8-6-4-2)38-33-29-27-30-34-40-45(50)49-44(47(52)53)39-36-42-48/h43-44H,3-42,48H2,1-2H3,(H,49,50)(H,52,53). The maximum Gasteiger partial charge on any atom is 0.326 e. The quantitative estimate of drug-likeness (QED) is 0.0420. The van der Waals surface area contributed by atoms with Crippen molar-refractivity contribution in [2.24, 2.45) is 5.73 Å². The Balaban J connectivity index is 4.16. The molecule has 0 aromatic rings. The van der Waals surface area contributed by atoms with Crippen LogP contribution in [0.1, 0.15) is 264 Å². The van der Waals surface area contributed by atoms with Crippen molar-refractivity contribution < 1.29 is 24.2 Å². The van der Waals surface area contributed by atoms with Gasteiger partial charge in [0.25, 0.3) is 0 Å². The lowest BCUT2D eigenvalue weighted by atomic mass is 10.0. The molecule has 2 unspecified atom stereocenters. The van der Waals surface area contributed by atoms with Crippen LogP contribution in [0.5, 0.6) is 0 Å². The number of unbranched alkanes of at least 4 members (excludes halogenated alkanes) is 30. The first-order valence-corrected chi connectivity index (χ1v) is 23.9. The van der Waals surface area contributed by atoms with Gasteiger partial charge in [0.2, 0.25) is 5.91 Å². The molecule has 4 N–H and O–H groups in total. The Morgan fingerprint density at radius 1 is 0.463 bits per heavy atom. The predicted molar refractivity (Wildman–Crippen MR) is 230 cm³/mol. The molecule has 0 aliphatic heterocycles. The Morgan fingerprint density at radius 3 is 1.15 bits per heavy atom. The van der Waals surface area contributed by atoms with Crippen LogP contribution in [-0.2, 0) is 19.1 Å². The average molecular weight is 765 g/mol. The summed E-state index contributed by atoms with van der Waals surface area (Å²) in [5, 5.41) is 11.9. The fourth-order valence-electron chi connectivity index (χ4n) is 7.57. The SMILES string of the molecule is CCCCCCCCCCCCCCCCCCCCC(=O)OC(CCCCCCCCCCCC)CCCCCCCC(=O)NC(CCCN)C(=O)O. The van der Waals surface area contributed by atoms with Crippen molar-refractivity contribution >= 4 is 17.8 Å². The van der Waals surface area contributed by atoms with Gasteiger partial charge in [-0.25, -0.2) is 4.79 Å². The lowest BCUT2D eigenvalue weighted by molar-refractivity contribution is -0.150. The molecule has 0 heterocycles. The highest BCUT2D eigenvalue weighted by molar-refractivity contribution is 5.83. The summed E-state index contributed by atoms with van der Waals surface area (Å²) in [5.74, 6) is -1.21. The van der Waals surface area contributed by atoms with Gasteiger partial charge >= 0.3 is 11.9 Å². The van der Waals surface area contributed by atoms with Gasteiger partial charge in [-0.05, 0) is 57.9 Å². The highest BCUT2D eigenvalue weighted by Gasteiger charge is 2.19. The van der Waals surface area contributed by atoms with Crippen LogP contribution in [0.4, 0.5) is 0 Å². The van der Waals surface area contributed by atoms with Gasteiger partial charge < -0.3 is 20.9 Å². The number of carbonyl (C=O) groups excluding carboxylic acids is 2. The highest BCUT2D eigenvalue weighted by atomic mass is 16.5. The van der Waals surface area contributed by atoms with E-state index < -0.39 is 12.0 Å². The summed E-state index contributed by atoms with van der Waals surface area (Å²) in [7, 11) is 0. The number of carbonyl (C=O) groups is 3. The van der Waals surface area contributed by atoms with Crippen LogP contribution < -0.4 is 11.1 Å². The second kappa shape index (κ2) is 42.5. The summed E-state index contributed by atoms with van der Waals surface area (Å²) in [6.45, 7) is 4.97. The van der Waals surface area contributed by atoms with Crippen LogP contribution in [0.2, 0.25) is 0 Å². The fourth-order valence-corrected chi connectivity index (χ4v) is 7.57. The molecule has 0 aliphatic carbocycles. The molecule has 2 atom stereocenters. The summed E-state index contributed by atoms with van der Waals surface area (Å²) in [6.07, 6.45) is 45.8. The van der Waals surface area contributed by atoms with Gasteiger partial charge in [-0.2, -0.15) is 0 Å². The van der Waals surface area contributed by atoms with Gasteiger partial charge in [-0.3, -0.25) is 9.59 Å². The molecule has 0 aliphatic rings. The Labute approximate surface area is 335 Å². The second-order valence-corrected chi connectivity index (χ2v) is 16.5. The third-order valence-corrected chi connectivity index (χ3v) is 11.2. The molecule has 320 valence electrons. The Morgan fingerprint density at radius 2 is 0.796 bits per heavy atom. The summed E-state index contributed by atoms with van der Waals surface area (Å²) in [4.78, 5) is 36.4. The minimum atomic E-state index is -1.000. The average Bonchev–Trinajstić information content (AvgIpc) is 3.16. The number of ether oxygens (including phenoxy) is 1. The van der Waals surface area contributed by atoms with E-state index in [9.17, 15) is 19.5 Å². The normalized spacial score (nSPS) is 12.5. The molecule has 0 saturated carbocycles. The van der Waals surface area contributed by atoms with E-state index in [-0.39, 0.29) is 18.0 Å². The number of aliphatic carboxylic acids is 1. The largest absolute Gasteiger partial charge is 0.480 e. The van der Waals surface area contributed by atoms with Crippen molar-refractivity contribution in [3.8, 4) is 0 Å². The zero-order chi connectivity index (χ0) is 39.6. The molecule has 0 spiro atoms. The first-order valence-electron chi connectivity index (χ1n) is 23.9. The first kappa shape index (κ1) is 52.4. The van der Waals surface area contributed by atoms with E-state index in [1.807, 2.05) is 0 Å². The van der Waals surface area contributed by atoms with E-state index in [4.69, 9.17) is 10.5 Å². The molecule has 7 heteroatoms. The van der Waals surface area contributed by atoms with Crippen LogP contribution in [0, 0.1) is 0 Å². The number of esters is 1. The molecular formula is C47H92N2O5. The molecule has 0 bridgehead atoms. The minimum absolute atomic E-state index is 0.0132. The summed E-state index contributed by atoms with van der Waals surface area (Å²) in [6, 6.07) is -0.852. The number of carboxylic acid groups (broad SMARTS) is 1. The first-order chi connectivity index (χ1) is 26.4. The molecular weight excluding hydrogens is 673 g/mol.